The Bertz CT molecular complexity index is 563. The van der Waals surface area contributed by atoms with E-state index in [4.69, 9.17) is 10.2 Å². The van der Waals surface area contributed by atoms with Crippen molar-refractivity contribution in [3.63, 3.8) is 0 Å². The molecular weight excluding hydrogens is 223 g/mol. The molecule has 0 radical (unpaired) electrons. The molecule has 0 aliphatic carbocycles. The molecule has 0 spiro atoms. The van der Waals surface area contributed by atoms with Crippen LogP contribution in [0, 0.1) is 12.7 Å². The van der Waals surface area contributed by atoms with E-state index in [0.717, 1.165) is 6.07 Å². The molecule has 17 heavy (non-hydrogen) atoms. The third-order valence-electron chi connectivity index (χ3n) is 2.33. The summed E-state index contributed by atoms with van der Waals surface area (Å²) >= 11 is 0. The molecule has 5 heteroatoms. The van der Waals surface area contributed by atoms with Gasteiger partial charge in [0.1, 0.15) is 5.82 Å². The lowest BCUT2D eigenvalue weighted by atomic mass is 10.2. The second-order valence-electron chi connectivity index (χ2n) is 3.62. The number of furan rings is 1. The minimum absolute atomic E-state index is 0.189. The van der Waals surface area contributed by atoms with Crippen LogP contribution in [0.3, 0.4) is 0 Å². The predicted molar refractivity (Wildman–Crippen MR) is 62.2 cm³/mol. The molecule has 1 heterocycles. The molecule has 0 aliphatic heterocycles. The fourth-order valence-electron chi connectivity index (χ4n) is 1.42. The maximum absolute atomic E-state index is 13.0. The van der Waals surface area contributed by atoms with Crippen LogP contribution in [-0.2, 0) is 0 Å². The smallest absolute Gasteiger partial charge is 0.291 e. The van der Waals surface area contributed by atoms with Crippen LogP contribution in [0.4, 0.5) is 15.8 Å². The number of rotatable bonds is 2. The molecule has 2 rings (SSSR count). The average molecular weight is 234 g/mol. The minimum atomic E-state index is -0.467. The van der Waals surface area contributed by atoms with Gasteiger partial charge in [-0.2, -0.15) is 0 Å². The number of aryl methyl sites for hydroxylation is 1. The molecule has 0 saturated carbocycles. The number of hydrogen-bond acceptors (Lipinski definition) is 3. The molecule has 1 amide bonds. The van der Waals surface area contributed by atoms with Gasteiger partial charge in [0.15, 0.2) is 5.76 Å². The van der Waals surface area contributed by atoms with Crippen LogP contribution >= 0.6 is 0 Å². The summed E-state index contributed by atoms with van der Waals surface area (Å²) in [5, 5.41) is 2.50. The first-order valence-electron chi connectivity index (χ1n) is 4.98. The Balaban J connectivity index is 2.24. The molecule has 4 nitrogen and oxygen atoms in total. The van der Waals surface area contributed by atoms with Crippen molar-refractivity contribution in [2.24, 2.45) is 0 Å². The van der Waals surface area contributed by atoms with Crippen LogP contribution in [0.1, 0.15) is 16.1 Å². The molecule has 1 aromatic heterocycles. The van der Waals surface area contributed by atoms with Gasteiger partial charge in [0.25, 0.3) is 5.91 Å². The second-order valence-corrected chi connectivity index (χ2v) is 3.62. The monoisotopic (exact) mass is 234 g/mol. The predicted octanol–water partition coefficient (Wildman–Crippen LogP) is 2.56. The van der Waals surface area contributed by atoms with Crippen LogP contribution in [0.2, 0.25) is 0 Å². The summed E-state index contributed by atoms with van der Waals surface area (Å²) in [7, 11) is 0. The van der Waals surface area contributed by atoms with Gasteiger partial charge in [-0.25, -0.2) is 4.39 Å². The molecule has 0 saturated heterocycles. The molecule has 0 bridgehead atoms. The summed E-state index contributed by atoms with van der Waals surface area (Å²) in [6.45, 7) is 1.74. The molecule has 88 valence electrons. The third kappa shape index (κ3) is 2.28. The van der Waals surface area contributed by atoms with E-state index in [-0.39, 0.29) is 11.4 Å². The Morgan fingerprint density at radius 2 is 2.18 bits per heavy atom. The highest BCUT2D eigenvalue weighted by molar-refractivity contribution is 6.04. The minimum Gasteiger partial charge on any atom is -0.459 e. The zero-order valence-electron chi connectivity index (χ0n) is 9.16. The van der Waals surface area contributed by atoms with Crippen molar-refractivity contribution in [3.05, 3.63) is 47.7 Å². The average Bonchev–Trinajstić information content (AvgIpc) is 2.70. The van der Waals surface area contributed by atoms with Gasteiger partial charge < -0.3 is 15.5 Å². The van der Waals surface area contributed by atoms with Gasteiger partial charge in [-0.3, -0.25) is 4.79 Å². The highest BCUT2D eigenvalue weighted by atomic mass is 19.1. The molecule has 3 N–H and O–H groups in total. The fraction of sp³-hybridized carbons (Fsp3) is 0.0833. The van der Waals surface area contributed by atoms with Crippen molar-refractivity contribution in [1.82, 2.24) is 0 Å². The second kappa shape index (κ2) is 4.29. The Morgan fingerprint density at radius 3 is 2.82 bits per heavy atom. The maximum atomic E-state index is 13.0. The van der Waals surface area contributed by atoms with Crippen molar-refractivity contribution >= 4 is 17.3 Å². The van der Waals surface area contributed by atoms with Crippen molar-refractivity contribution in [1.29, 1.82) is 0 Å². The van der Waals surface area contributed by atoms with Gasteiger partial charge in [0, 0.05) is 5.56 Å². The van der Waals surface area contributed by atoms with Crippen LogP contribution in [0.25, 0.3) is 0 Å². The highest BCUT2D eigenvalue weighted by Gasteiger charge is 2.14. The lowest BCUT2D eigenvalue weighted by Gasteiger charge is -2.07. The van der Waals surface area contributed by atoms with Crippen LogP contribution in [-0.4, -0.2) is 5.91 Å². The van der Waals surface area contributed by atoms with E-state index < -0.39 is 11.7 Å². The first kappa shape index (κ1) is 11.2. The van der Waals surface area contributed by atoms with E-state index >= 15 is 0 Å². The summed E-state index contributed by atoms with van der Waals surface area (Å²) in [5.74, 6) is -0.732. The normalized spacial score (nSPS) is 10.2. The SMILES string of the molecule is Cc1ccoc1C(=O)Nc1cc(F)ccc1N. The number of carbonyl (C=O) groups excluding carboxylic acids is 1. The first-order chi connectivity index (χ1) is 8.08. The van der Waals surface area contributed by atoms with Crippen molar-refractivity contribution in [2.45, 2.75) is 6.92 Å². The van der Waals surface area contributed by atoms with Gasteiger partial charge in [-0.05, 0) is 31.2 Å². The zero-order chi connectivity index (χ0) is 12.4. The summed E-state index contributed by atoms with van der Waals surface area (Å²) in [4.78, 5) is 11.8. The number of carbonyl (C=O) groups is 1. The topological polar surface area (TPSA) is 68.3 Å². The molecule has 1 aromatic carbocycles. The molecule has 0 unspecified atom stereocenters. The van der Waals surface area contributed by atoms with Crippen LogP contribution < -0.4 is 11.1 Å². The Morgan fingerprint density at radius 1 is 1.41 bits per heavy atom. The Hall–Kier alpha value is -2.30. The number of anilines is 2. The van der Waals surface area contributed by atoms with Crippen molar-refractivity contribution in [3.8, 4) is 0 Å². The van der Waals surface area contributed by atoms with E-state index in [1.54, 1.807) is 13.0 Å². The van der Waals surface area contributed by atoms with E-state index in [2.05, 4.69) is 5.32 Å². The number of halogens is 1. The first-order valence-corrected chi connectivity index (χ1v) is 4.98. The van der Waals surface area contributed by atoms with E-state index in [9.17, 15) is 9.18 Å². The third-order valence-corrected chi connectivity index (χ3v) is 2.33. The molecular formula is C12H11FN2O2. The number of nitrogens with one attached hydrogen (secondary N) is 1. The van der Waals surface area contributed by atoms with Crippen LogP contribution in [0.15, 0.2) is 34.9 Å². The Kier molecular flexibility index (Phi) is 2.82. The van der Waals surface area contributed by atoms with Gasteiger partial charge >= 0.3 is 0 Å². The molecule has 2 aromatic rings. The van der Waals surface area contributed by atoms with Gasteiger partial charge in [-0.1, -0.05) is 0 Å². The summed E-state index contributed by atoms with van der Waals surface area (Å²) in [5.41, 5.74) is 6.85. The largest absolute Gasteiger partial charge is 0.459 e. The number of amides is 1. The number of nitrogens with two attached hydrogens (primary N) is 1. The molecule has 0 atom stereocenters. The van der Waals surface area contributed by atoms with Crippen molar-refractivity contribution in [2.75, 3.05) is 11.1 Å². The summed E-state index contributed by atoms with van der Waals surface area (Å²) < 4.78 is 18.0. The standard InChI is InChI=1S/C12H11FN2O2/c1-7-4-5-17-11(7)12(16)15-10-6-8(13)2-3-9(10)14/h2-6H,14H2,1H3,(H,15,16). The molecule has 0 aliphatic rings. The summed E-state index contributed by atoms with van der Waals surface area (Å²) in [6, 6.07) is 5.44. The summed E-state index contributed by atoms with van der Waals surface area (Å²) in [6.07, 6.45) is 1.42. The van der Waals surface area contributed by atoms with E-state index in [1.807, 2.05) is 0 Å². The quantitative estimate of drug-likeness (QED) is 0.784. The lowest BCUT2D eigenvalue weighted by molar-refractivity contribution is 0.0996. The number of benzene rings is 1. The zero-order valence-corrected chi connectivity index (χ0v) is 9.16. The lowest BCUT2D eigenvalue weighted by Crippen LogP contribution is -2.13. The highest BCUT2D eigenvalue weighted by Crippen LogP contribution is 2.20. The van der Waals surface area contributed by atoms with Crippen molar-refractivity contribution < 1.29 is 13.6 Å². The maximum Gasteiger partial charge on any atom is 0.291 e. The van der Waals surface area contributed by atoms with Crippen LogP contribution in [0.5, 0.6) is 0 Å². The Labute approximate surface area is 97.2 Å². The fourth-order valence-corrected chi connectivity index (χ4v) is 1.42. The van der Waals surface area contributed by atoms with Gasteiger partial charge in [-0.15, -0.1) is 0 Å². The van der Waals surface area contributed by atoms with Gasteiger partial charge in [0.2, 0.25) is 0 Å². The van der Waals surface area contributed by atoms with Gasteiger partial charge in [0.05, 0.1) is 17.6 Å². The van der Waals surface area contributed by atoms with E-state index in [1.165, 1.54) is 18.4 Å². The molecule has 0 fully saturated rings. The number of nitrogen functional groups attached to an aromatic ring is 1. The number of hydrogen-bond donors (Lipinski definition) is 2. The van der Waals surface area contributed by atoms with E-state index in [0.29, 0.717) is 11.3 Å².